The molecular formula is C50H52N18O2. The Bertz CT molecular complexity index is 3530. The van der Waals surface area contributed by atoms with Gasteiger partial charge in [0.25, 0.3) is 0 Å². The van der Waals surface area contributed by atoms with E-state index in [2.05, 4.69) is 79.0 Å². The number of benzene rings is 1. The maximum Gasteiger partial charge on any atom is 0.203 e. The molecule has 2 aliphatic rings. The first kappa shape index (κ1) is 43.3. The van der Waals surface area contributed by atoms with E-state index in [4.69, 9.17) is 54.6 Å². The third-order valence-electron chi connectivity index (χ3n) is 13.1. The molecule has 0 spiro atoms. The van der Waals surface area contributed by atoms with Crippen molar-refractivity contribution in [2.75, 3.05) is 62.1 Å². The third kappa shape index (κ3) is 8.17. The van der Waals surface area contributed by atoms with E-state index in [1.807, 2.05) is 77.9 Å². The lowest BCUT2D eigenvalue weighted by Crippen LogP contribution is -2.36. The van der Waals surface area contributed by atoms with E-state index >= 15 is 0 Å². The molecule has 10 aromatic rings. The van der Waals surface area contributed by atoms with Gasteiger partial charge in [-0.2, -0.15) is 0 Å². The van der Waals surface area contributed by atoms with Gasteiger partial charge in [-0.3, -0.25) is 18.8 Å². The van der Waals surface area contributed by atoms with Crippen molar-refractivity contribution in [3.05, 3.63) is 120 Å². The molecule has 0 radical (unpaired) electrons. The van der Waals surface area contributed by atoms with Crippen molar-refractivity contribution in [2.45, 2.75) is 65.1 Å². The highest BCUT2D eigenvalue weighted by Gasteiger charge is 2.25. The van der Waals surface area contributed by atoms with Gasteiger partial charge in [0.05, 0.1) is 66.9 Å². The van der Waals surface area contributed by atoms with Crippen LogP contribution in [-0.4, -0.2) is 126 Å². The molecule has 11 heterocycles. The van der Waals surface area contributed by atoms with Crippen molar-refractivity contribution in [3.63, 3.8) is 0 Å². The average Bonchev–Trinajstić information content (AvgIpc) is 4.17. The lowest BCUT2D eigenvalue weighted by Gasteiger charge is -2.27. The van der Waals surface area contributed by atoms with Crippen molar-refractivity contribution in [1.29, 1.82) is 0 Å². The number of rotatable bonds is 13. The minimum absolute atomic E-state index is 0.0674. The largest absolute Gasteiger partial charge is 0.381 e. The highest BCUT2D eigenvalue weighted by Crippen LogP contribution is 2.34. The van der Waals surface area contributed by atoms with Crippen LogP contribution in [0.5, 0.6) is 0 Å². The molecule has 70 heavy (non-hydrogen) atoms. The number of fused-ring (bicyclic) bond motifs is 4. The number of aryl methyl sites for hydroxylation is 1. The number of hydrogen-bond donors (Lipinski definition) is 2. The number of morpholine rings is 1. The quantitative estimate of drug-likeness (QED) is 0.129. The second kappa shape index (κ2) is 18.2. The van der Waals surface area contributed by atoms with Crippen LogP contribution >= 0.6 is 0 Å². The average molecular weight is 937 g/mol. The van der Waals surface area contributed by atoms with Crippen molar-refractivity contribution in [1.82, 2.24) is 73.2 Å². The molecule has 0 amide bonds. The lowest BCUT2D eigenvalue weighted by atomic mass is 9.91. The Kier molecular flexibility index (Phi) is 11.2. The number of nitrogens with zero attached hydrogens (tertiary/aromatic N) is 16. The summed E-state index contributed by atoms with van der Waals surface area (Å²) in [5.41, 5.74) is 10.0. The predicted octanol–water partition coefficient (Wildman–Crippen LogP) is 6.37. The van der Waals surface area contributed by atoms with Crippen LogP contribution in [0.15, 0.2) is 85.5 Å². The number of pyridine rings is 3. The Labute approximate surface area is 402 Å². The molecule has 2 N–H and O–H groups in total. The van der Waals surface area contributed by atoms with Crippen molar-refractivity contribution >= 4 is 50.8 Å². The van der Waals surface area contributed by atoms with E-state index in [9.17, 15) is 0 Å². The summed E-state index contributed by atoms with van der Waals surface area (Å²) < 4.78 is 19.7. The molecule has 0 saturated carbocycles. The SMILES string of the molecule is CNc1nc(-c2nc3cc(C4CCOCC4)ccc3n2Cc2cccc(Cc3nnc4c(NC(C)C)nc(-c5nc6cnc(N7CCOCC7)cc6n5Cc5ccccn5)cn34)n2)cn2c(C)nnc12. The molecule has 9 aromatic heterocycles. The molecule has 0 unspecified atom stereocenters. The maximum atomic E-state index is 5.70. The van der Waals surface area contributed by atoms with Gasteiger partial charge in [0, 0.05) is 69.7 Å². The fourth-order valence-corrected chi connectivity index (χ4v) is 9.64. The zero-order valence-corrected chi connectivity index (χ0v) is 39.5. The fourth-order valence-electron chi connectivity index (χ4n) is 9.64. The highest BCUT2D eigenvalue weighted by molar-refractivity contribution is 5.83. The van der Waals surface area contributed by atoms with Crippen LogP contribution in [0.2, 0.25) is 0 Å². The summed E-state index contributed by atoms with van der Waals surface area (Å²) in [4.78, 5) is 37.7. The summed E-state index contributed by atoms with van der Waals surface area (Å²) in [5.74, 6) is 5.37. The topological polar surface area (TPSA) is 206 Å². The van der Waals surface area contributed by atoms with Gasteiger partial charge >= 0.3 is 0 Å². The second-order valence-corrected chi connectivity index (χ2v) is 18.2. The number of anilines is 3. The van der Waals surface area contributed by atoms with Crippen LogP contribution in [0.4, 0.5) is 17.5 Å². The molecule has 2 fully saturated rings. The van der Waals surface area contributed by atoms with E-state index in [-0.39, 0.29) is 6.04 Å². The first-order valence-corrected chi connectivity index (χ1v) is 23.9. The molecule has 354 valence electrons. The van der Waals surface area contributed by atoms with Crippen LogP contribution in [0.25, 0.3) is 56.4 Å². The molecule has 2 saturated heterocycles. The number of aromatic nitrogens is 15. The van der Waals surface area contributed by atoms with E-state index in [0.717, 1.165) is 89.9 Å². The standard InChI is InChI=1S/C50H52N18O2/c1-30(2)54-46-50-63-61-44(68(50)29-40(57-46)48-59-38-25-53-43(64-16-20-70-21-17-64)24-42(38)67(48)26-35-8-5-6-15-52-35)23-34-9-7-10-36(55-34)27-66-41-12-11-33(32-13-18-69-19-14-32)22-37(41)58-47(66)39-28-65-31(3)60-62-49(65)45(51-4)56-39/h5-12,15,22,24-25,28-30,32H,13-14,16-21,23,26-27H2,1-4H3,(H,51,56)(H,54,57). The van der Waals surface area contributed by atoms with Crippen LogP contribution in [0.1, 0.15) is 66.9 Å². The van der Waals surface area contributed by atoms with E-state index < -0.39 is 0 Å². The Morgan fingerprint density at radius 2 is 1.39 bits per heavy atom. The Morgan fingerprint density at radius 1 is 0.671 bits per heavy atom. The number of hydrogen-bond acceptors (Lipinski definition) is 16. The smallest absolute Gasteiger partial charge is 0.203 e. The number of imidazole rings is 2. The van der Waals surface area contributed by atoms with Crippen LogP contribution < -0.4 is 15.5 Å². The van der Waals surface area contributed by atoms with E-state index in [0.29, 0.717) is 90.4 Å². The number of nitrogens with one attached hydrogen (secondary N) is 2. The zero-order valence-electron chi connectivity index (χ0n) is 39.5. The van der Waals surface area contributed by atoms with Gasteiger partial charge in [0.2, 0.25) is 11.3 Å². The van der Waals surface area contributed by atoms with E-state index in [1.165, 1.54) is 5.56 Å². The third-order valence-corrected chi connectivity index (χ3v) is 13.1. The van der Waals surface area contributed by atoms with Gasteiger partial charge in [-0.25, -0.2) is 24.9 Å². The van der Waals surface area contributed by atoms with Gasteiger partial charge in [0.1, 0.15) is 34.4 Å². The summed E-state index contributed by atoms with van der Waals surface area (Å²) in [7, 11) is 1.84. The van der Waals surface area contributed by atoms with Crippen molar-refractivity contribution < 1.29 is 9.47 Å². The summed E-state index contributed by atoms with van der Waals surface area (Å²) in [6.45, 7) is 11.4. The summed E-state index contributed by atoms with van der Waals surface area (Å²) in [5, 5.41) is 24.9. The molecule has 20 heteroatoms. The molecule has 0 atom stereocenters. The first-order valence-electron chi connectivity index (χ1n) is 23.9. The molecule has 0 bridgehead atoms. The van der Waals surface area contributed by atoms with Gasteiger partial charge in [0.15, 0.2) is 23.3 Å². The van der Waals surface area contributed by atoms with Gasteiger partial charge in [-0.15, -0.1) is 20.4 Å². The molecule has 12 rings (SSSR count). The highest BCUT2D eigenvalue weighted by atomic mass is 16.5. The van der Waals surface area contributed by atoms with Gasteiger partial charge in [-0.1, -0.05) is 18.2 Å². The molecular weight excluding hydrogens is 885 g/mol. The normalized spacial score (nSPS) is 14.8. The maximum absolute atomic E-state index is 5.70. The predicted molar refractivity (Wildman–Crippen MR) is 265 cm³/mol. The minimum Gasteiger partial charge on any atom is -0.381 e. The summed E-state index contributed by atoms with van der Waals surface area (Å²) in [6, 6.07) is 20.9. The minimum atomic E-state index is 0.0674. The van der Waals surface area contributed by atoms with Crippen LogP contribution in [0, 0.1) is 6.92 Å². The monoisotopic (exact) mass is 936 g/mol. The number of ether oxygens (including phenoxy) is 2. The van der Waals surface area contributed by atoms with Gasteiger partial charge < -0.3 is 34.1 Å². The molecule has 20 nitrogen and oxygen atoms in total. The van der Waals surface area contributed by atoms with E-state index in [1.54, 1.807) is 0 Å². The van der Waals surface area contributed by atoms with Gasteiger partial charge in [-0.05, 0) is 81.5 Å². The Balaban J connectivity index is 0.924. The Hall–Kier alpha value is -7.97. The lowest BCUT2D eigenvalue weighted by molar-refractivity contribution is 0.0853. The summed E-state index contributed by atoms with van der Waals surface area (Å²) >= 11 is 0. The molecule has 0 aliphatic carbocycles. The van der Waals surface area contributed by atoms with Crippen LogP contribution in [0.3, 0.4) is 0 Å². The van der Waals surface area contributed by atoms with Crippen molar-refractivity contribution in [3.8, 4) is 23.0 Å². The molecule has 2 aliphatic heterocycles. The fraction of sp³-hybridized carbons (Fsp3) is 0.340. The Morgan fingerprint density at radius 3 is 2.19 bits per heavy atom. The second-order valence-electron chi connectivity index (χ2n) is 18.2. The van der Waals surface area contributed by atoms with Crippen molar-refractivity contribution in [2.24, 2.45) is 0 Å². The first-order chi connectivity index (χ1) is 34.3. The zero-order chi connectivity index (χ0) is 47.3. The summed E-state index contributed by atoms with van der Waals surface area (Å²) in [6.07, 6.45) is 9.98. The van der Waals surface area contributed by atoms with Crippen LogP contribution in [-0.2, 0) is 29.0 Å². The molecule has 1 aromatic carbocycles.